The molecule has 0 aromatic rings. The van der Waals surface area contributed by atoms with E-state index in [1.54, 1.807) is 0 Å². The zero-order chi connectivity index (χ0) is 8.65. The Kier molecular flexibility index (Phi) is 4.77. The van der Waals surface area contributed by atoms with Crippen molar-refractivity contribution in [3.8, 4) is 0 Å². The first-order chi connectivity index (χ1) is 5.93. The first kappa shape index (κ1) is 9.53. The monoisotopic (exact) mass is 165 g/mol. The summed E-state index contributed by atoms with van der Waals surface area (Å²) in [7, 11) is 0. The van der Waals surface area contributed by atoms with Crippen molar-refractivity contribution in [1.82, 2.24) is 5.32 Å². The lowest BCUT2D eigenvalue weighted by Crippen LogP contribution is -2.27. The SMILES string of the molecule is C=CCC=CCC1CCNCC1. The summed E-state index contributed by atoms with van der Waals surface area (Å²) >= 11 is 0. The van der Waals surface area contributed by atoms with E-state index in [9.17, 15) is 0 Å². The largest absolute Gasteiger partial charge is 0.317 e. The summed E-state index contributed by atoms with van der Waals surface area (Å²) in [5.41, 5.74) is 0. The van der Waals surface area contributed by atoms with E-state index >= 15 is 0 Å². The second kappa shape index (κ2) is 6.01. The van der Waals surface area contributed by atoms with Gasteiger partial charge < -0.3 is 5.32 Å². The third-order valence-electron chi connectivity index (χ3n) is 2.40. The molecule has 1 aliphatic rings. The highest BCUT2D eigenvalue weighted by molar-refractivity contribution is 4.90. The van der Waals surface area contributed by atoms with Crippen LogP contribution in [0.4, 0.5) is 0 Å². The van der Waals surface area contributed by atoms with Gasteiger partial charge in [0.25, 0.3) is 0 Å². The molecular formula is C11H19N. The summed E-state index contributed by atoms with van der Waals surface area (Å²) in [6.45, 7) is 6.10. The predicted octanol–water partition coefficient (Wildman–Crippen LogP) is 2.51. The fourth-order valence-corrected chi connectivity index (χ4v) is 1.60. The molecule has 68 valence electrons. The number of allylic oxidation sites excluding steroid dienone is 3. The van der Waals surface area contributed by atoms with Crippen molar-refractivity contribution >= 4 is 0 Å². The Morgan fingerprint density at radius 1 is 1.25 bits per heavy atom. The van der Waals surface area contributed by atoms with E-state index in [4.69, 9.17) is 0 Å². The topological polar surface area (TPSA) is 12.0 Å². The van der Waals surface area contributed by atoms with E-state index in [1.807, 2.05) is 6.08 Å². The minimum Gasteiger partial charge on any atom is -0.317 e. The summed E-state index contributed by atoms with van der Waals surface area (Å²) in [6, 6.07) is 0. The molecule has 0 radical (unpaired) electrons. The van der Waals surface area contributed by atoms with Crippen molar-refractivity contribution in [3.63, 3.8) is 0 Å². The lowest BCUT2D eigenvalue weighted by atomic mass is 9.94. The van der Waals surface area contributed by atoms with Crippen LogP contribution in [0.5, 0.6) is 0 Å². The minimum absolute atomic E-state index is 0.923. The standard InChI is InChI=1S/C11H19N/c1-2-3-4-5-6-11-7-9-12-10-8-11/h2,4-5,11-12H,1,3,6-10H2. The first-order valence-corrected chi connectivity index (χ1v) is 4.90. The van der Waals surface area contributed by atoms with Crippen LogP contribution in [0.25, 0.3) is 0 Å². The van der Waals surface area contributed by atoms with Gasteiger partial charge in [0.05, 0.1) is 0 Å². The zero-order valence-electron chi connectivity index (χ0n) is 7.76. The lowest BCUT2D eigenvalue weighted by molar-refractivity contribution is 0.377. The number of piperidine rings is 1. The molecule has 1 N–H and O–H groups in total. The van der Waals surface area contributed by atoms with Crippen LogP contribution in [-0.2, 0) is 0 Å². The van der Waals surface area contributed by atoms with Crippen LogP contribution in [0.1, 0.15) is 25.7 Å². The molecule has 1 rings (SSSR count). The molecule has 1 saturated heterocycles. The van der Waals surface area contributed by atoms with Gasteiger partial charge in [-0.3, -0.25) is 0 Å². The van der Waals surface area contributed by atoms with Gasteiger partial charge in [0.2, 0.25) is 0 Å². The van der Waals surface area contributed by atoms with Gasteiger partial charge in [-0.15, -0.1) is 6.58 Å². The number of hydrogen-bond acceptors (Lipinski definition) is 1. The summed E-state index contributed by atoms with van der Waals surface area (Å²) < 4.78 is 0. The molecule has 1 heteroatoms. The van der Waals surface area contributed by atoms with Crippen LogP contribution in [0, 0.1) is 5.92 Å². The highest BCUT2D eigenvalue weighted by Gasteiger charge is 2.10. The van der Waals surface area contributed by atoms with Crippen LogP contribution in [0.15, 0.2) is 24.8 Å². The highest BCUT2D eigenvalue weighted by atomic mass is 14.9. The second-order valence-electron chi connectivity index (χ2n) is 3.42. The first-order valence-electron chi connectivity index (χ1n) is 4.90. The molecule has 0 spiro atoms. The molecule has 0 aliphatic carbocycles. The Hall–Kier alpha value is -0.560. The molecule has 0 amide bonds. The molecule has 1 nitrogen and oxygen atoms in total. The van der Waals surface area contributed by atoms with Crippen molar-refractivity contribution in [1.29, 1.82) is 0 Å². The third kappa shape index (κ3) is 3.72. The Labute approximate surface area is 75.6 Å². The van der Waals surface area contributed by atoms with Crippen LogP contribution >= 0.6 is 0 Å². The molecule has 1 fully saturated rings. The quantitative estimate of drug-likeness (QED) is 0.631. The average molecular weight is 165 g/mol. The predicted molar refractivity (Wildman–Crippen MR) is 54.2 cm³/mol. The van der Waals surface area contributed by atoms with Crippen LogP contribution in [-0.4, -0.2) is 13.1 Å². The van der Waals surface area contributed by atoms with Gasteiger partial charge in [0, 0.05) is 0 Å². The summed E-state index contributed by atoms with van der Waals surface area (Å²) in [4.78, 5) is 0. The second-order valence-corrected chi connectivity index (χ2v) is 3.42. The third-order valence-corrected chi connectivity index (χ3v) is 2.40. The van der Waals surface area contributed by atoms with E-state index in [-0.39, 0.29) is 0 Å². The molecule has 0 saturated carbocycles. The highest BCUT2D eigenvalue weighted by Crippen LogP contribution is 2.16. The van der Waals surface area contributed by atoms with Gasteiger partial charge in [-0.25, -0.2) is 0 Å². The number of hydrogen-bond donors (Lipinski definition) is 1. The van der Waals surface area contributed by atoms with Gasteiger partial charge in [0.15, 0.2) is 0 Å². The molecule has 1 aliphatic heterocycles. The van der Waals surface area contributed by atoms with Crippen molar-refractivity contribution < 1.29 is 0 Å². The van der Waals surface area contributed by atoms with Gasteiger partial charge in [0.1, 0.15) is 0 Å². The normalized spacial score (nSPS) is 20.0. The molecule has 0 aromatic carbocycles. The van der Waals surface area contributed by atoms with Crippen LogP contribution < -0.4 is 5.32 Å². The number of rotatable bonds is 4. The molecule has 1 heterocycles. The Balaban J connectivity index is 2.08. The maximum absolute atomic E-state index is 3.68. The summed E-state index contributed by atoms with van der Waals surface area (Å²) in [5, 5.41) is 3.38. The van der Waals surface area contributed by atoms with Crippen molar-refractivity contribution in [2.45, 2.75) is 25.7 Å². The van der Waals surface area contributed by atoms with Gasteiger partial charge in [-0.05, 0) is 44.7 Å². The van der Waals surface area contributed by atoms with Gasteiger partial charge in [-0.2, -0.15) is 0 Å². The summed E-state index contributed by atoms with van der Waals surface area (Å²) in [5.74, 6) is 0.923. The van der Waals surface area contributed by atoms with Gasteiger partial charge >= 0.3 is 0 Å². The van der Waals surface area contributed by atoms with Crippen molar-refractivity contribution in [3.05, 3.63) is 24.8 Å². The lowest BCUT2D eigenvalue weighted by Gasteiger charge is -2.20. The van der Waals surface area contributed by atoms with E-state index in [2.05, 4.69) is 24.0 Å². The van der Waals surface area contributed by atoms with Crippen molar-refractivity contribution in [2.24, 2.45) is 5.92 Å². The van der Waals surface area contributed by atoms with Crippen LogP contribution in [0.3, 0.4) is 0 Å². The van der Waals surface area contributed by atoms with E-state index in [0.29, 0.717) is 0 Å². The molecular weight excluding hydrogens is 146 g/mol. The average Bonchev–Trinajstić information content (AvgIpc) is 2.14. The Morgan fingerprint density at radius 2 is 2.00 bits per heavy atom. The van der Waals surface area contributed by atoms with E-state index in [0.717, 1.165) is 12.3 Å². The van der Waals surface area contributed by atoms with E-state index < -0.39 is 0 Å². The fourth-order valence-electron chi connectivity index (χ4n) is 1.60. The fraction of sp³-hybridized carbons (Fsp3) is 0.636. The van der Waals surface area contributed by atoms with Crippen LogP contribution in [0.2, 0.25) is 0 Å². The molecule has 0 unspecified atom stereocenters. The smallest absolute Gasteiger partial charge is 0.00462 e. The molecule has 0 bridgehead atoms. The Bertz CT molecular complexity index is 143. The number of nitrogens with one attached hydrogen (secondary N) is 1. The Morgan fingerprint density at radius 3 is 2.67 bits per heavy atom. The zero-order valence-corrected chi connectivity index (χ0v) is 7.76. The van der Waals surface area contributed by atoms with Gasteiger partial charge in [-0.1, -0.05) is 18.2 Å². The maximum atomic E-state index is 3.68. The molecule has 0 aromatic heterocycles. The maximum Gasteiger partial charge on any atom is -0.00462 e. The molecule has 12 heavy (non-hydrogen) atoms. The minimum atomic E-state index is 0.923. The van der Waals surface area contributed by atoms with E-state index in [1.165, 1.54) is 32.4 Å². The van der Waals surface area contributed by atoms with Crippen molar-refractivity contribution in [2.75, 3.05) is 13.1 Å². The molecule has 0 atom stereocenters. The summed E-state index contributed by atoms with van der Waals surface area (Å²) in [6.07, 6.45) is 11.4.